The molecule has 0 fully saturated rings. The molecule has 2 N–H and O–H groups in total. The Morgan fingerprint density at radius 1 is 1.36 bits per heavy atom. The van der Waals surface area contributed by atoms with E-state index in [4.69, 9.17) is 10.3 Å². The van der Waals surface area contributed by atoms with E-state index in [0.29, 0.717) is 28.7 Å². The molecule has 1 aliphatic carbocycles. The Morgan fingerprint density at radius 3 is 2.96 bits per heavy atom. The molecule has 0 radical (unpaired) electrons. The molecule has 1 aromatic heterocycles. The molecule has 1 heterocycles. The molecule has 0 bridgehead atoms. The van der Waals surface area contributed by atoms with Gasteiger partial charge in [0.05, 0.1) is 11.8 Å². The lowest BCUT2D eigenvalue weighted by atomic mass is 10.0. The molecule has 0 saturated carbocycles. The first-order valence-corrected chi connectivity index (χ1v) is 8.13. The van der Waals surface area contributed by atoms with Gasteiger partial charge in [-0.25, -0.2) is 9.78 Å². The third-order valence-electron chi connectivity index (χ3n) is 4.08. The molecule has 3 rings (SSSR count). The molecule has 0 saturated heterocycles. The molecule has 0 spiro atoms. The lowest BCUT2D eigenvalue weighted by molar-refractivity contribution is 0.0503. The molecule has 5 nitrogen and oxygen atoms in total. The minimum atomic E-state index is -0.600. The molecular formula is C20H20N2O3. The average Bonchev–Trinajstić information content (AvgIpc) is 2.98. The number of oxazole rings is 1. The van der Waals surface area contributed by atoms with Crippen LogP contribution < -0.4 is 5.90 Å². The van der Waals surface area contributed by atoms with E-state index in [9.17, 15) is 4.79 Å². The zero-order valence-corrected chi connectivity index (χ0v) is 14.2. The van der Waals surface area contributed by atoms with Crippen molar-refractivity contribution in [1.82, 2.24) is 4.98 Å². The maximum atomic E-state index is 11.6. The van der Waals surface area contributed by atoms with Crippen molar-refractivity contribution in [2.75, 3.05) is 0 Å². The quantitative estimate of drug-likeness (QED) is 0.842. The molecule has 0 atom stereocenters. The van der Waals surface area contributed by atoms with Gasteiger partial charge in [0.25, 0.3) is 0 Å². The fourth-order valence-electron chi connectivity index (χ4n) is 2.65. The van der Waals surface area contributed by atoms with E-state index in [1.807, 2.05) is 18.2 Å². The number of benzene rings is 1. The lowest BCUT2D eigenvalue weighted by Gasteiger charge is -2.04. The van der Waals surface area contributed by atoms with Crippen LogP contribution in [0.2, 0.25) is 0 Å². The topological polar surface area (TPSA) is 78.3 Å². The largest absolute Gasteiger partial charge is 0.436 e. The van der Waals surface area contributed by atoms with Crippen molar-refractivity contribution in [2.24, 2.45) is 11.8 Å². The number of rotatable bonds is 4. The van der Waals surface area contributed by atoms with E-state index in [1.165, 1.54) is 5.57 Å². The molecule has 128 valence electrons. The zero-order chi connectivity index (χ0) is 17.8. The summed E-state index contributed by atoms with van der Waals surface area (Å²) >= 11 is 0. The maximum Gasteiger partial charge on any atom is 0.356 e. The number of aromatic nitrogens is 1. The number of nitrogens with zero attached hydrogens (tertiary/aromatic N) is 1. The number of carbonyl (C=O) groups excluding carboxylic acids is 1. The highest BCUT2D eigenvalue weighted by Crippen LogP contribution is 2.28. The predicted molar refractivity (Wildman–Crippen MR) is 96.2 cm³/mol. The van der Waals surface area contributed by atoms with Gasteiger partial charge in [-0.3, -0.25) is 0 Å². The standard InChI is InChI=1S/C20H20N2O3/c1-13(2)14-5-3-6-15(10-9-14)18-12-22-19(24-18)16-7-4-8-17(11-16)20(23)25-21/h3-9,11-13H,10,21H2,1-2H3. The van der Waals surface area contributed by atoms with E-state index < -0.39 is 5.97 Å². The van der Waals surface area contributed by atoms with Crippen molar-refractivity contribution in [2.45, 2.75) is 20.3 Å². The molecule has 0 amide bonds. The van der Waals surface area contributed by atoms with Gasteiger partial charge < -0.3 is 9.25 Å². The van der Waals surface area contributed by atoms with Gasteiger partial charge >= 0.3 is 5.97 Å². The van der Waals surface area contributed by atoms with Crippen molar-refractivity contribution in [3.8, 4) is 11.5 Å². The van der Waals surface area contributed by atoms with E-state index in [1.54, 1.807) is 24.4 Å². The number of nitrogens with two attached hydrogens (primary N) is 1. The summed E-state index contributed by atoms with van der Waals surface area (Å²) in [5.74, 6) is 5.98. The minimum Gasteiger partial charge on any atom is -0.436 e. The second-order valence-electron chi connectivity index (χ2n) is 6.13. The van der Waals surface area contributed by atoms with Crippen molar-refractivity contribution < 1.29 is 14.0 Å². The van der Waals surface area contributed by atoms with E-state index in [2.05, 4.69) is 35.8 Å². The Balaban J connectivity index is 1.85. The van der Waals surface area contributed by atoms with Crippen LogP contribution in [0, 0.1) is 5.92 Å². The predicted octanol–water partition coefficient (Wildman–Crippen LogP) is 4.30. The Morgan fingerprint density at radius 2 is 2.20 bits per heavy atom. The van der Waals surface area contributed by atoms with Crippen molar-refractivity contribution >= 4 is 11.5 Å². The van der Waals surface area contributed by atoms with Crippen LogP contribution in [-0.2, 0) is 4.84 Å². The van der Waals surface area contributed by atoms with Crippen molar-refractivity contribution in [1.29, 1.82) is 0 Å². The fourth-order valence-corrected chi connectivity index (χ4v) is 2.65. The second-order valence-corrected chi connectivity index (χ2v) is 6.13. The van der Waals surface area contributed by atoms with Crippen LogP contribution in [0.25, 0.3) is 17.0 Å². The summed E-state index contributed by atoms with van der Waals surface area (Å²) in [6, 6.07) is 6.82. The summed E-state index contributed by atoms with van der Waals surface area (Å²) < 4.78 is 5.90. The second kappa shape index (κ2) is 7.32. The zero-order valence-electron chi connectivity index (χ0n) is 14.2. The molecular weight excluding hydrogens is 316 g/mol. The monoisotopic (exact) mass is 336 g/mol. The van der Waals surface area contributed by atoms with E-state index in [0.717, 1.165) is 12.0 Å². The van der Waals surface area contributed by atoms with E-state index in [-0.39, 0.29) is 0 Å². The van der Waals surface area contributed by atoms with Crippen molar-refractivity contribution in [3.05, 3.63) is 71.7 Å². The molecule has 5 heteroatoms. The van der Waals surface area contributed by atoms with Crippen LogP contribution >= 0.6 is 0 Å². The fraction of sp³-hybridized carbons (Fsp3) is 0.200. The molecule has 1 aliphatic rings. The summed E-state index contributed by atoms with van der Waals surface area (Å²) in [6.07, 6.45) is 10.9. The molecule has 25 heavy (non-hydrogen) atoms. The van der Waals surface area contributed by atoms with Crippen LogP contribution in [-0.4, -0.2) is 11.0 Å². The Hall–Kier alpha value is -2.92. The van der Waals surface area contributed by atoms with Crippen LogP contribution in [0.5, 0.6) is 0 Å². The van der Waals surface area contributed by atoms with E-state index >= 15 is 0 Å². The van der Waals surface area contributed by atoms with Crippen molar-refractivity contribution in [3.63, 3.8) is 0 Å². The summed E-state index contributed by atoms with van der Waals surface area (Å²) in [5.41, 5.74) is 3.40. The van der Waals surface area contributed by atoms with Gasteiger partial charge in [-0.05, 0) is 36.1 Å². The highest BCUT2D eigenvalue weighted by atomic mass is 16.7. The Labute approximate surface area is 146 Å². The van der Waals surface area contributed by atoms with Gasteiger partial charge in [-0.1, -0.05) is 44.2 Å². The van der Waals surface area contributed by atoms with Gasteiger partial charge in [0.2, 0.25) is 5.89 Å². The Kier molecular flexibility index (Phi) is 4.95. The SMILES string of the molecule is CC(C)C1=CCC(c2cnc(-c3cccc(C(=O)ON)c3)o2)=CC=C1. The maximum absolute atomic E-state index is 11.6. The number of hydrogen-bond donors (Lipinski definition) is 1. The van der Waals surface area contributed by atoms with Gasteiger partial charge in [-0.15, -0.1) is 0 Å². The van der Waals surface area contributed by atoms with Gasteiger partial charge in [0, 0.05) is 11.1 Å². The molecule has 0 unspecified atom stereocenters. The first-order valence-electron chi connectivity index (χ1n) is 8.13. The smallest absolute Gasteiger partial charge is 0.356 e. The van der Waals surface area contributed by atoms with Crippen LogP contribution in [0.15, 0.2) is 64.8 Å². The van der Waals surface area contributed by atoms with Gasteiger partial charge in [-0.2, -0.15) is 5.90 Å². The minimum absolute atomic E-state index is 0.348. The number of hydrogen-bond acceptors (Lipinski definition) is 5. The molecule has 1 aromatic carbocycles. The first-order chi connectivity index (χ1) is 12.1. The summed E-state index contributed by atoms with van der Waals surface area (Å²) in [6.45, 7) is 4.35. The normalized spacial score (nSPS) is 14.1. The first kappa shape index (κ1) is 16.9. The van der Waals surface area contributed by atoms with Crippen LogP contribution in [0.1, 0.15) is 36.4 Å². The lowest BCUT2D eigenvalue weighted by Crippen LogP contribution is -2.09. The average molecular weight is 336 g/mol. The van der Waals surface area contributed by atoms with Gasteiger partial charge in [0.15, 0.2) is 5.76 Å². The molecule has 0 aliphatic heterocycles. The summed E-state index contributed by atoms with van der Waals surface area (Å²) in [7, 11) is 0. The third kappa shape index (κ3) is 3.78. The Bertz CT molecular complexity index is 873. The highest BCUT2D eigenvalue weighted by molar-refractivity contribution is 5.90. The number of allylic oxidation sites excluding steroid dienone is 6. The number of carbonyl (C=O) groups is 1. The van der Waals surface area contributed by atoms with Crippen LogP contribution in [0.4, 0.5) is 0 Å². The molecule has 2 aromatic rings. The summed E-state index contributed by atoms with van der Waals surface area (Å²) in [4.78, 5) is 20.1. The third-order valence-corrected chi connectivity index (χ3v) is 4.08. The van der Waals surface area contributed by atoms with Gasteiger partial charge in [0.1, 0.15) is 0 Å². The summed E-state index contributed by atoms with van der Waals surface area (Å²) in [5, 5.41) is 0. The van der Waals surface area contributed by atoms with Crippen LogP contribution in [0.3, 0.4) is 0 Å². The highest BCUT2D eigenvalue weighted by Gasteiger charge is 2.14.